The monoisotopic (exact) mass is 410 g/mol. The Morgan fingerprint density at radius 3 is 1.86 bits per heavy atom. The molecular formula is C19H23FN2O5S. The Hall–Kier alpha value is -2.52. The predicted octanol–water partition coefficient (Wildman–Crippen LogP) is 2.36. The Balaban J connectivity index is 1.77. The van der Waals surface area contributed by atoms with Gasteiger partial charge in [0.1, 0.15) is 5.82 Å². The van der Waals surface area contributed by atoms with Gasteiger partial charge in [-0.3, -0.25) is 0 Å². The summed E-state index contributed by atoms with van der Waals surface area (Å²) >= 11 is 0. The Kier molecular flexibility index (Phi) is 5.95. The fourth-order valence-electron chi connectivity index (χ4n) is 3.19. The van der Waals surface area contributed by atoms with Crippen molar-refractivity contribution in [3.63, 3.8) is 0 Å². The van der Waals surface area contributed by atoms with Crippen LogP contribution in [0.3, 0.4) is 0 Å². The van der Waals surface area contributed by atoms with Crippen molar-refractivity contribution in [3.05, 3.63) is 42.2 Å². The summed E-state index contributed by atoms with van der Waals surface area (Å²) in [5.41, 5.74) is 0.855. The van der Waals surface area contributed by atoms with E-state index in [0.717, 1.165) is 17.8 Å². The highest BCUT2D eigenvalue weighted by molar-refractivity contribution is 7.89. The number of sulfonamides is 1. The number of benzene rings is 2. The normalized spacial score (nSPS) is 15.4. The molecule has 0 saturated carbocycles. The van der Waals surface area contributed by atoms with E-state index in [1.165, 1.54) is 16.4 Å². The van der Waals surface area contributed by atoms with Crippen molar-refractivity contribution in [2.45, 2.75) is 4.90 Å². The van der Waals surface area contributed by atoms with Crippen molar-refractivity contribution in [1.29, 1.82) is 0 Å². The summed E-state index contributed by atoms with van der Waals surface area (Å²) in [5, 5.41) is 0. The van der Waals surface area contributed by atoms with Gasteiger partial charge in [0.2, 0.25) is 15.8 Å². The van der Waals surface area contributed by atoms with Gasteiger partial charge in [0.15, 0.2) is 11.5 Å². The van der Waals surface area contributed by atoms with Crippen molar-refractivity contribution in [1.82, 2.24) is 4.31 Å². The number of piperazine rings is 1. The lowest BCUT2D eigenvalue weighted by atomic mass is 10.2. The second kappa shape index (κ2) is 8.24. The van der Waals surface area contributed by atoms with Crippen LogP contribution in [0.25, 0.3) is 0 Å². The number of hydrogen-bond acceptors (Lipinski definition) is 6. The first kappa shape index (κ1) is 20.2. The van der Waals surface area contributed by atoms with Gasteiger partial charge in [-0.05, 0) is 24.3 Å². The number of rotatable bonds is 6. The average molecular weight is 410 g/mol. The smallest absolute Gasteiger partial charge is 0.243 e. The van der Waals surface area contributed by atoms with Crippen LogP contribution in [0.1, 0.15) is 0 Å². The fourth-order valence-corrected chi connectivity index (χ4v) is 4.61. The molecule has 152 valence electrons. The Bertz CT molecular complexity index is 901. The molecule has 0 unspecified atom stereocenters. The van der Waals surface area contributed by atoms with E-state index in [4.69, 9.17) is 14.2 Å². The van der Waals surface area contributed by atoms with E-state index in [0.29, 0.717) is 43.4 Å². The fraction of sp³-hybridized carbons (Fsp3) is 0.368. The Labute approximate surface area is 164 Å². The summed E-state index contributed by atoms with van der Waals surface area (Å²) in [6.45, 7) is 1.63. The molecule has 0 spiro atoms. The molecular weight excluding hydrogens is 387 g/mol. The van der Waals surface area contributed by atoms with Crippen LogP contribution in [-0.2, 0) is 10.0 Å². The molecule has 0 radical (unpaired) electrons. The van der Waals surface area contributed by atoms with Crippen LogP contribution in [0, 0.1) is 5.82 Å². The molecule has 0 N–H and O–H groups in total. The summed E-state index contributed by atoms with van der Waals surface area (Å²) in [5.74, 6) is 1.12. The molecule has 1 fully saturated rings. The van der Waals surface area contributed by atoms with Gasteiger partial charge in [-0.25, -0.2) is 12.8 Å². The van der Waals surface area contributed by atoms with Gasteiger partial charge in [-0.1, -0.05) is 0 Å². The van der Waals surface area contributed by atoms with Gasteiger partial charge in [-0.15, -0.1) is 0 Å². The van der Waals surface area contributed by atoms with E-state index in [1.54, 1.807) is 21.3 Å². The number of anilines is 1. The minimum Gasteiger partial charge on any atom is -0.493 e. The molecule has 28 heavy (non-hydrogen) atoms. The summed E-state index contributed by atoms with van der Waals surface area (Å²) in [7, 11) is 0.990. The standard InChI is InChI=1S/C19H23FN2O5S/c1-25-17-12-15(13-18(26-2)19(17)27-3)21-8-10-22(11-9-21)28(23,24)16-6-4-14(20)5-7-16/h4-7,12-13H,8-11H2,1-3H3. The van der Waals surface area contributed by atoms with Crippen LogP contribution in [0.5, 0.6) is 17.2 Å². The van der Waals surface area contributed by atoms with E-state index in [2.05, 4.69) is 4.90 Å². The van der Waals surface area contributed by atoms with E-state index in [9.17, 15) is 12.8 Å². The van der Waals surface area contributed by atoms with Gasteiger partial charge in [0.05, 0.1) is 26.2 Å². The second-order valence-corrected chi connectivity index (χ2v) is 8.17. The van der Waals surface area contributed by atoms with E-state index >= 15 is 0 Å². The Morgan fingerprint density at radius 1 is 0.857 bits per heavy atom. The zero-order chi connectivity index (χ0) is 20.3. The zero-order valence-electron chi connectivity index (χ0n) is 16.0. The first-order chi connectivity index (χ1) is 13.4. The number of nitrogens with zero attached hydrogens (tertiary/aromatic N) is 2. The molecule has 0 bridgehead atoms. The maximum absolute atomic E-state index is 13.1. The van der Waals surface area contributed by atoms with Crippen molar-refractivity contribution >= 4 is 15.7 Å². The molecule has 1 aliphatic rings. The van der Waals surface area contributed by atoms with Crippen molar-refractivity contribution in [2.24, 2.45) is 0 Å². The van der Waals surface area contributed by atoms with Crippen LogP contribution >= 0.6 is 0 Å². The third-order valence-corrected chi connectivity index (χ3v) is 6.62. The molecule has 0 amide bonds. The highest BCUT2D eigenvalue weighted by atomic mass is 32.2. The highest BCUT2D eigenvalue weighted by Gasteiger charge is 2.29. The molecule has 3 rings (SSSR count). The van der Waals surface area contributed by atoms with Crippen LogP contribution in [0.2, 0.25) is 0 Å². The van der Waals surface area contributed by atoms with Crippen LogP contribution < -0.4 is 19.1 Å². The number of halogens is 1. The zero-order valence-corrected chi connectivity index (χ0v) is 16.8. The molecule has 0 aromatic heterocycles. The lowest BCUT2D eigenvalue weighted by Crippen LogP contribution is -2.48. The number of ether oxygens (including phenoxy) is 3. The molecule has 2 aromatic rings. The summed E-state index contributed by atoms with van der Waals surface area (Å²) < 4.78 is 56.1. The molecule has 9 heteroatoms. The van der Waals surface area contributed by atoms with Crippen molar-refractivity contribution in [3.8, 4) is 17.2 Å². The van der Waals surface area contributed by atoms with Crippen LogP contribution in [0.15, 0.2) is 41.3 Å². The summed E-state index contributed by atoms with van der Waals surface area (Å²) in [6, 6.07) is 8.56. The van der Waals surface area contributed by atoms with Crippen molar-refractivity contribution < 1.29 is 27.0 Å². The lowest BCUT2D eigenvalue weighted by molar-refractivity contribution is 0.324. The van der Waals surface area contributed by atoms with Crippen LogP contribution in [0.4, 0.5) is 10.1 Å². The largest absolute Gasteiger partial charge is 0.493 e. The molecule has 1 saturated heterocycles. The third kappa shape index (κ3) is 3.85. The SMILES string of the molecule is COc1cc(N2CCN(S(=O)(=O)c3ccc(F)cc3)CC2)cc(OC)c1OC. The van der Waals surface area contributed by atoms with Gasteiger partial charge in [0, 0.05) is 44.0 Å². The quantitative estimate of drug-likeness (QED) is 0.728. The Morgan fingerprint density at radius 2 is 1.39 bits per heavy atom. The summed E-state index contributed by atoms with van der Waals surface area (Å²) in [6.07, 6.45) is 0. The van der Waals surface area contributed by atoms with Crippen molar-refractivity contribution in [2.75, 3.05) is 52.4 Å². The molecule has 1 heterocycles. The van der Waals surface area contributed by atoms with E-state index < -0.39 is 15.8 Å². The minimum absolute atomic E-state index is 0.0927. The van der Waals surface area contributed by atoms with Crippen LogP contribution in [-0.4, -0.2) is 60.2 Å². The lowest BCUT2D eigenvalue weighted by Gasteiger charge is -2.35. The molecule has 0 aliphatic carbocycles. The van der Waals surface area contributed by atoms with Gasteiger partial charge in [0.25, 0.3) is 0 Å². The first-order valence-corrected chi connectivity index (χ1v) is 10.2. The maximum Gasteiger partial charge on any atom is 0.243 e. The van der Waals surface area contributed by atoms with E-state index in [-0.39, 0.29) is 4.90 Å². The molecule has 7 nitrogen and oxygen atoms in total. The van der Waals surface area contributed by atoms with Gasteiger partial charge >= 0.3 is 0 Å². The topological polar surface area (TPSA) is 68.3 Å². The predicted molar refractivity (Wildman–Crippen MR) is 103 cm³/mol. The third-order valence-electron chi connectivity index (χ3n) is 4.70. The highest BCUT2D eigenvalue weighted by Crippen LogP contribution is 2.41. The van der Waals surface area contributed by atoms with Gasteiger partial charge in [-0.2, -0.15) is 4.31 Å². The molecule has 2 aromatic carbocycles. The second-order valence-electron chi connectivity index (χ2n) is 6.23. The number of methoxy groups -OCH3 is 3. The maximum atomic E-state index is 13.1. The molecule has 1 aliphatic heterocycles. The first-order valence-electron chi connectivity index (χ1n) is 8.71. The van der Waals surface area contributed by atoms with Gasteiger partial charge < -0.3 is 19.1 Å². The number of hydrogen-bond donors (Lipinski definition) is 0. The molecule has 0 atom stereocenters. The minimum atomic E-state index is -3.65. The summed E-state index contributed by atoms with van der Waals surface area (Å²) in [4.78, 5) is 2.15. The van der Waals surface area contributed by atoms with E-state index in [1.807, 2.05) is 12.1 Å². The average Bonchev–Trinajstić information content (AvgIpc) is 2.73.